The van der Waals surface area contributed by atoms with E-state index in [1.807, 2.05) is 0 Å². The first-order valence-electron chi connectivity index (χ1n) is 8.99. The SMILES string of the molecule is CNC(=O)c1cc(Oc2cccc(NC(=O)C(=O)Nc3cc(Cl)c(Cl)cc3Cl)c2)ccn1. The summed E-state index contributed by atoms with van der Waals surface area (Å²) in [6.07, 6.45) is 1.43. The maximum atomic E-state index is 12.3. The fourth-order valence-corrected chi connectivity index (χ4v) is 3.08. The van der Waals surface area contributed by atoms with Crippen molar-refractivity contribution < 1.29 is 19.1 Å². The van der Waals surface area contributed by atoms with Crippen molar-refractivity contribution in [2.75, 3.05) is 17.7 Å². The predicted molar refractivity (Wildman–Crippen MR) is 123 cm³/mol. The molecule has 3 N–H and O–H groups in total. The van der Waals surface area contributed by atoms with E-state index in [9.17, 15) is 14.4 Å². The van der Waals surface area contributed by atoms with Gasteiger partial charge in [0.15, 0.2) is 0 Å². The number of carbonyl (C=O) groups is 3. The number of anilines is 2. The third-order valence-electron chi connectivity index (χ3n) is 3.98. The van der Waals surface area contributed by atoms with Crippen LogP contribution in [-0.4, -0.2) is 29.8 Å². The molecule has 2 aromatic carbocycles. The van der Waals surface area contributed by atoms with Crippen molar-refractivity contribution >= 4 is 63.9 Å². The van der Waals surface area contributed by atoms with Crippen LogP contribution in [0.3, 0.4) is 0 Å². The highest BCUT2D eigenvalue weighted by molar-refractivity contribution is 6.46. The fourth-order valence-electron chi connectivity index (χ4n) is 2.49. The van der Waals surface area contributed by atoms with Crippen LogP contribution in [0.25, 0.3) is 0 Å². The van der Waals surface area contributed by atoms with Gasteiger partial charge in [0.1, 0.15) is 17.2 Å². The molecule has 0 unspecified atom stereocenters. The molecule has 0 aliphatic carbocycles. The summed E-state index contributed by atoms with van der Waals surface area (Å²) in [5.41, 5.74) is 0.637. The Morgan fingerprint density at radius 2 is 1.53 bits per heavy atom. The van der Waals surface area contributed by atoms with E-state index >= 15 is 0 Å². The first-order valence-corrected chi connectivity index (χ1v) is 10.1. The van der Waals surface area contributed by atoms with Gasteiger partial charge in [-0.05, 0) is 30.3 Å². The molecule has 0 aliphatic heterocycles. The lowest BCUT2D eigenvalue weighted by Gasteiger charge is -2.11. The Balaban J connectivity index is 1.68. The molecule has 1 heterocycles. The Morgan fingerprint density at radius 1 is 0.844 bits per heavy atom. The molecule has 0 atom stereocenters. The molecule has 0 bridgehead atoms. The molecule has 3 aromatic rings. The minimum atomic E-state index is -0.957. The molecule has 8 nitrogen and oxygen atoms in total. The van der Waals surface area contributed by atoms with Gasteiger partial charge in [0.2, 0.25) is 0 Å². The van der Waals surface area contributed by atoms with E-state index in [4.69, 9.17) is 39.5 Å². The zero-order valence-corrected chi connectivity index (χ0v) is 18.7. The van der Waals surface area contributed by atoms with Crippen LogP contribution in [0.1, 0.15) is 10.5 Å². The van der Waals surface area contributed by atoms with E-state index in [1.54, 1.807) is 24.3 Å². The van der Waals surface area contributed by atoms with Crippen molar-refractivity contribution in [3.05, 3.63) is 75.5 Å². The highest BCUT2D eigenvalue weighted by Crippen LogP contribution is 2.32. The minimum absolute atomic E-state index is 0.129. The lowest BCUT2D eigenvalue weighted by Crippen LogP contribution is -2.29. The number of carbonyl (C=O) groups excluding carboxylic acids is 3. The van der Waals surface area contributed by atoms with Gasteiger partial charge in [0, 0.05) is 31.1 Å². The summed E-state index contributed by atoms with van der Waals surface area (Å²) in [7, 11) is 1.50. The van der Waals surface area contributed by atoms with E-state index < -0.39 is 11.8 Å². The van der Waals surface area contributed by atoms with Crippen LogP contribution in [0.4, 0.5) is 11.4 Å². The fraction of sp³-hybridized carbons (Fsp3) is 0.0476. The largest absolute Gasteiger partial charge is 0.457 e. The summed E-state index contributed by atoms with van der Waals surface area (Å²) in [6.45, 7) is 0. The van der Waals surface area contributed by atoms with Crippen molar-refractivity contribution in [1.29, 1.82) is 0 Å². The monoisotopic (exact) mass is 492 g/mol. The molecule has 0 saturated heterocycles. The van der Waals surface area contributed by atoms with Gasteiger partial charge >= 0.3 is 11.8 Å². The second kappa shape index (κ2) is 10.3. The van der Waals surface area contributed by atoms with Crippen molar-refractivity contribution in [3.8, 4) is 11.5 Å². The highest BCUT2D eigenvalue weighted by atomic mass is 35.5. The van der Waals surface area contributed by atoms with Crippen molar-refractivity contribution in [2.45, 2.75) is 0 Å². The average molecular weight is 494 g/mol. The van der Waals surface area contributed by atoms with Gasteiger partial charge in [-0.15, -0.1) is 0 Å². The second-order valence-electron chi connectivity index (χ2n) is 6.24. The smallest absolute Gasteiger partial charge is 0.314 e. The summed E-state index contributed by atoms with van der Waals surface area (Å²) in [5.74, 6) is -1.51. The van der Waals surface area contributed by atoms with Crippen molar-refractivity contribution in [2.24, 2.45) is 0 Å². The van der Waals surface area contributed by atoms with E-state index in [1.165, 1.54) is 37.5 Å². The van der Waals surface area contributed by atoms with Gasteiger partial charge in [-0.1, -0.05) is 40.9 Å². The number of rotatable bonds is 5. The summed E-state index contributed by atoms with van der Waals surface area (Å²) in [5, 5.41) is 7.83. The molecular weight excluding hydrogens is 479 g/mol. The van der Waals surface area contributed by atoms with E-state index in [0.29, 0.717) is 17.2 Å². The van der Waals surface area contributed by atoms with Crippen LogP contribution in [-0.2, 0) is 9.59 Å². The zero-order chi connectivity index (χ0) is 23.3. The summed E-state index contributed by atoms with van der Waals surface area (Å²) < 4.78 is 5.72. The predicted octanol–water partition coefficient (Wildman–Crippen LogP) is 4.77. The van der Waals surface area contributed by atoms with Crippen LogP contribution >= 0.6 is 34.8 Å². The van der Waals surface area contributed by atoms with Gasteiger partial charge < -0.3 is 20.7 Å². The van der Waals surface area contributed by atoms with Crippen LogP contribution in [0.5, 0.6) is 11.5 Å². The number of nitrogens with zero attached hydrogens (tertiary/aromatic N) is 1. The maximum absolute atomic E-state index is 12.3. The number of amides is 3. The average Bonchev–Trinajstić information content (AvgIpc) is 2.77. The number of benzene rings is 2. The number of hydrogen-bond donors (Lipinski definition) is 3. The van der Waals surface area contributed by atoms with Gasteiger partial charge in [-0.3, -0.25) is 19.4 Å². The number of nitrogens with one attached hydrogen (secondary N) is 3. The summed E-state index contributed by atoms with van der Waals surface area (Å²) in [4.78, 5) is 40.2. The standard InChI is InChI=1S/C21H15Cl3N4O4/c1-25-19(29)18-8-13(5-6-26-18)32-12-4-2-3-11(7-12)27-20(30)21(31)28-17-10-15(23)14(22)9-16(17)24/h2-10H,1H3,(H,25,29)(H,27,30)(H,28,31). The van der Waals surface area contributed by atoms with Gasteiger partial charge in [0.25, 0.3) is 5.91 Å². The molecule has 0 fully saturated rings. The Hall–Kier alpha value is -3.33. The Kier molecular flexibility index (Phi) is 7.53. The van der Waals surface area contributed by atoms with Gasteiger partial charge in [0.05, 0.1) is 20.8 Å². The lowest BCUT2D eigenvalue weighted by molar-refractivity contribution is -0.132. The van der Waals surface area contributed by atoms with Crippen LogP contribution < -0.4 is 20.7 Å². The molecular formula is C21H15Cl3N4O4. The normalized spacial score (nSPS) is 10.2. The Bertz CT molecular complexity index is 1200. The van der Waals surface area contributed by atoms with Crippen LogP contribution in [0.2, 0.25) is 15.1 Å². The van der Waals surface area contributed by atoms with Crippen LogP contribution in [0.15, 0.2) is 54.7 Å². The molecule has 164 valence electrons. The number of aromatic nitrogens is 1. The molecule has 0 radical (unpaired) electrons. The zero-order valence-electron chi connectivity index (χ0n) is 16.4. The molecule has 0 aliphatic rings. The minimum Gasteiger partial charge on any atom is -0.457 e. The molecule has 3 amide bonds. The maximum Gasteiger partial charge on any atom is 0.314 e. The van der Waals surface area contributed by atoms with Gasteiger partial charge in [-0.25, -0.2) is 0 Å². The summed E-state index contributed by atoms with van der Waals surface area (Å²) >= 11 is 17.8. The number of ether oxygens (including phenoxy) is 1. The molecule has 32 heavy (non-hydrogen) atoms. The van der Waals surface area contributed by atoms with E-state index in [2.05, 4.69) is 20.9 Å². The highest BCUT2D eigenvalue weighted by Gasteiger charge is 2.17. The van der Waals surface area contributed by atoms with Crippen LogP contribution in [0, 0.1) is 0 Å². The number of hydrogen-bond acceptors (Lipinski definition) is 5. The molecule has 11 heteroatoms. The molecule has 0 saturated carbocycles. The van der Waals surface area contributed by atoms with E-state index in [0.717, 1.165) is 0 Å². The number of halogens is 3. The summed E-state index contributed by atoms with van der Waals surface area (Å²) in [6, 6.07) is 12.1. The van der Waals surface area contributed by atoms with Crippen molar-refractivity contribution in [1.82, 2.24) is 10.3 Å². The quantitative estimate of drug-likeness (QED) is 0.350. The topological polar surface area (TPSA) is 109 Å². The second-order valence-corrected chi connectivity index (χ2v) is 7.46. The molecule has 3 rings (SSSR count). The molecule has 0 spiro atoms. The third-order valence-corrected chi connectivity index (χ3v) is 5.02. The first kappa shape index (κ1) is 23.3. The Labute approximate surface area is 197 Å². The number of pyridine rings is 1. The van der Waals surface area contributed by atoms with Crippen molar-refractivity contribution in [3.63, 3.8) is 0 Å². The Morgan fingerprint density at radius 3 is 2.28 bits per heavy atom. The third kappa shape index (κ3) is 5.88. The first-order chi connectivity index (χ1) is 15.3. The molecule has 1 aromatic heterocycles. The lowest BCUT2D eigenvalue weighted by atomic mass is 10.2. The van der Waals surface area contributed by atoms with E-state index in [-0.39, 0.29) is 32.4 Å². The van der Waals surface area contributed by atoms with Gasteiger partial charge in [-0.2, -0.15) is 0 Å².